The minimum absolute atomic E-state index is 0.0565. The lowest BCUT2D eigenvalue weighted by atomic mass is 10.0. The van der Waals surface area contributed by atoms with Gasteiger partial charge < -0.3 is 29.8 Å². The predicted molar refractivity (Wildman–Crippen MR) is 90.1 cm³/mol. The number of rotatable bonds is 8. The number of phosphoric ester groups is 1. The molecule has 19 heteroatoms. The van der Waals surface area contributed by atoms with Crippen LogP contribution in [0.4, 0.5) is 0 Å². The van der Waals surface area contributed by atoms with Crippen molar-refractivity contribution in [1.82, 2.24) is 9.55 Å². The minimum Gasteiger partial charge on any atom is -0.388 e. The van der Waals surface area contributed by atoms with E-state index in [0.717, 1.165) is 12.3 Å². The van der Waals surface area contributed by atoms with E-state index in [9.17, 15) is 38.4 Å². The number of aliphatic hydroxyl groups excluding tert-OH is 1. The van der Waals surface area contributed by atoms with Crippen LogP contribution >= 0.6 is 23.5 Å². The number of phosphoric acid groups is 3. The average molecular weight is 482 g/mol. The maximum Gasteiger partial charge on any atom is 0.490 e. The van der Waals surface area contributed by atoms with Gasteiger partial charge in [-0.25, -0.2) is 18.5 Å². The largest absolute Gasteiger partial charge is 0.490 e. The maximum atomic E-state index is 11.8. The van der Waals surface area contributed by atoms with Crippen LogP contribution in [0.1, 0.15) is 12.8 Å². The molecule has 5 unspecified atom stereocenters. The first-order valence-corrected chi connectivity index (χ1v) is 12.1. The molecule has 1 aromatic heterocycles. The Labute approximate surface area is 160 Å². The molecule has 1 saturated carbocycles. The molecule has 0 aliphatic heterocycles. The molecule has 7 N–H and O–H groups in total. The number of hydrogen-bond acceptors (Lipinski definition) is 10. The molecule has 0 saturated heterocycles. The Morgan fingerprint density at radius 1 is 1.14 bits per heavy atom. The summed E-state index contributed by atoms with van der Waals surface area (Å²) < 4.78 is 45.7. The van der Waals surface area contributed by atoms with E-state index in [0.29, 0.717) is 4.57 Å². The Morgan fingerprint density at radius 3 is 2.31 bits per heavy atom. The summed E-state index contributed by atoms with van der Waals surface area (Å²) in [5.41, 5.74) is -3.95. The van der Waals surface area contributed by atoms with Crippen LogP contribution in [0.3, 0.4) is 0 Å². The van der Waals surface area contributed by atoms with E-state index in [2.05, 4.69) is 13.1 Å². The summed E-state index contributed by atoms with van der Waals surface area (Å²) >= 11 is 0. The maximum absolute atomic E-state index is 11.8. The minimum atomic E-state index is -5.69. The lowest BCUT2D eigenvalue weighted by molar-refractivity contribution is -0.132. The van der Waals surface area contributed by atoms with Crippen molar-refractivity contribution in [3.63, 3.8) is 0 Å². The van der Waals surface area contributed by atoms with Gasteiger partial charge in [0.05, 0.1) is 6.61 Å². The van der Waals surface area contributed by atoms with Crippen molar-refractivity contribution in [3.8, 4) is 0 Å². The summed E-state index contributed by atoms with van der Waals surface area (Å²) in [7, 11) is -16.6. The van der Waals surface area contributed by atoms with Crippen LogP contribution in [0.25, 0.3) is 0 Å². The zero-order chi connectivity index (χ0) is 22.3. The highest BCUT2D eigenvalue weighted by Crippen LogP contribution is 2.66. The molecule has 0 radical (unpaired) electrons. The number of nitrogens with one attached hydrogen (secondary N) is 1. The fourth-order valence-electron chi connectivity index (χ4n) is 2.73. The molecule has 1 aliphatic carbocycles. The van der Waals surface area contributed by atoms with Gasteiger partial charge in [0, 0.05) is 18.2 Å². The van der Waals surface area contributed by atoms with E-state index in [4.69, 9.17) is 14.7 Å². The van der Waals surface area contributed by atoms with Crippen LogP contribution in [0.15, 0.2) is 21.9 Å². The van der Waals surface area contributed by atoms with Gasteiger partial charge in [0.25, 0.3) is 5.56 Å². The standard InChI is InChI=1S/C10H17N2O14P3/c13-7-2-4-12(9(15)11-7)10(16)3-1-6(8(10)14)5-24-28(20,21)26-29(22,23)25-27(17,18)19/h2,4,6,8,14,16H,1,3,5H2,(H,20,21)(H,22,23)(H,11,13,15)(H2,17,18,19). The molecule has 0 spiro atoms. The molecular weight excluding hydrogens is 465 g/mol. The Bertz CT molecular complexity index is 1010. The van der Waals surface area contributed by atoms with E-state index in [1.807, 2.05) is 4.98 Å². The smallest absolute Gasteiger partial charge is 0.388 e. The molecule has 1 fully saturated rings. The van der Waals surface area contributed by atoms with Gasteiger partial charge in [-0.3, -0.25) is 18.9 Å². The van der Waals surface area contributed by atoms with Crippen LogP contribution in [0, 0.1) is 5.92 Å². The van der Waals surface area contributed by atoms with Crippen molar-refractivity contribution in [2.75, 3.05) is 6.61 Å². The number of aliphatic hydroxyl groups is 2. The van der Waals surface area contributed by atoms with Gasteiger partial charge in [0.15, 0.2) is 5.72 Å². The molecule has 1 aliphatic rings. The molecule has 0 bridgehead atoms. The Balaban J connectivity index is 2.07. The molecular formula is C10H17N2O14P3. The van der Waals surface area contributed by atoms with Crippen molar-refractivity contribution in [2.24, 2.45) is 5.92 Å². The average Bonchev–Trinajstić information content (AvgIpc) is 2.78. The van der Waals surface area contributed by atoms with Crippen LogP contribution in [0.2, 0.25) is 0 Å². The predicted octanol–water partition coefficient (Wildman–Crippen LogP) is -1.70. The molecule has 0 aromatic carbocycles. The van der Waals surface area contributed by atoms with Crippen molar-refractivity contribution < 1.29 is 56.6 Å². The van der Waals surface area contributed by atoms with Gasteiger partial charge >= 0.3 is 29.2 Å². The molecule has 5 atom stereocenters. The molecule has 1 aromatic rings. The highest BCUT2D eigenvalue weighted by Gasteiger charge is 2.50. The van der Waals surface area contributed by atoms with Crippen LogP contribution < -0.4 is 11.2 Å². The third-order valence-electron chi connectivity index (χ3n) is 3.91. The summed E-state index contributed by atoms with van der Waals surface area (Å²) in [6.07, 6.45) is -1.09. The van der Waals surface area contributed by atoms with E-state index in [1.165, 1.54) is 0 Å². The van der Waals surface area contributed by atoms with Crippen LogP contribution in [-0.4, -0.2) is 52.0 Å². The lowest BCUT2D eigenvalue weighted by Gasteiger charge is -2.30. The van der Waals surface area contributed by atoms with Gasteiger partial charge in [0.1, 0.15) is 6.10 Å². The van der Waals surface area contributed by atoms with Crippen molar-refractivity contribution in [2.45, 2.75) is 24.7 Å². The number of nitrogens with zero attached hydrogens (tertiary/aromatic N) is 1. The second kappa shape index (κ2) is 8.27. The SMILES string of the molecule is O=c1ccn(C2(O)CCC(COP(=O)(O)OP(=O)(O)OP(=O)(O)O)C2O)c(=O)[nH]1. The lowest BCUT2D eigenvalue weighted by Crippen LogP contribution is -2.50. The van der Waals surface area contributed by atoms with E-state index < -0.39 is 59.1 Å². The number of aromatic amines is 1. The summed E-state index contributed by atoms with van der Waals surface area (Å²) in [5, 5.41) is 20.9. The van der Waals surface area contributed by atoms with E-state index in [-0.39, 0.29) is 12.8 Å². The second-order valence-corrected chi connectivity index (χ2v) is 10.4. The Hall–Kier alpha value is -0.990. The van der Waals surface area contributed by atoms with Gasteiger partial charge in [-0.2, -0.15) is 8.62 Å². The van der Waals surface area contributed by atoms with E-state index in [1.54, 1.807) is 0 Å². The third kappa shape index (κ3) is 6.25. The molecule has 1 heterocycles. The molecule has 0 amide bonds. The monoisotopic (exact) mass is 482 g/mol. The fourth-order valence-corrected chi connectivity index (χ4v) is 5.81. The summed E-state index contributed by atoms with van der Waals surface area (Å²) in [6, 6.07) is 0.922. The number of hydrogen-bond donors (Lipinski definition) is 7. The van der Waals surface area contributed by atoms with Crippen LogP contribution in [-0.2, 0) is 32.6 Å². The molecule has 29 heavy (non-hydrogen) atoms. The third-order valence-corrected chi connectivity index (χ3v) is 7.71. The first kappa shape index (κ1) is 24.3. The topological polar surface area (TPSA) is 255 Å². The zero-order valence-corrected chi connectivity index (χ0v) is 16.9. The fraction of sp³-hybridized carbons (Fsp3) is 0.600. The second-order valence-electron chi connectivity index (χ2n) is 5.99. The van der Waals surface area contributed by atoms with Crippen LogP contribution in [0.5, 0.6) is 0 Å². The van der Waals surface area contributed by atoms with Gasteiger partial charge in [-0.05, 0) is 12.8 Å². The highest BCUT2D eigenvalue weighted by molar-refractivity contribution is 7.66. The summed E-state index contributed by atoms with van der Waals surface area (Å²) in [4.78, 5) is 60.2. The highest BCUT2D eigenvalue weighted by atomic mass is 31.3. The Morgan fingerprint density at radius 2 is 1.76 bits per heavy atom. The van der Waals surface area contributed by atoms with Crippen molar-refractivity contribution >= 4 is 23.5 Å². The quantitative estimate of drug-likeness (QED) is 0.204. The van der Waals surface area contributed by atoms with Gasteiger partial charge in [0.2, 0.25) is 0 Å². The number of aromatic nitrogens is 2. The Kier molecular flexibility index (Phi) is 6.92. The number of H-pyrrole nitrogens is 1. The zero-order valence-electron chi connectivity index (χ0n) is 14.2. The van der Waals surface area contributed by atoms with Crippen molar-refractivity contribution in [3.05, 3.63) is 33.1 Å². The van der Waals surface area contributed by atoms with Crippen molar-refractivity contribution in [1.29, 1.82) is 0 Å². The molecule has 2 rings (SSSR count). The normalized spacial score (nSPS) is 29.3. The first-order valence-electron chi connectivity index (χ1n) is 7.56. The molecule has 16 nitrogen and oxygen atoms in total. The molecule has 166 valence electrons. The van der Waals surface area contributed by atoms with E-state index >= 15 is 0 Å². The van der Waals surface area contributed by atoms with Gasteiger partial charge in [-0.15, -0.1) is 0 Å². The first-order chi connectivity index (χ1) is 13.0. The van der Waals surface area contributed by atoms with Gasteiger partial charge in [-0.1, -0.05) is 0 Å². The summed E-state index contributed by atoms with van der Waals surface area (Å²) in [6.45, 7) is -0.828. The summed E-state index contributed by atoms with van der Waals surface area (Å²) in [5.74, 6) is -1.08.